The SMILES string of the molecule is [B]c1cccc(Cn2c(Br)nc3c(N)nc(OCCC=C)nc32)c1. The van der Waals surface area contributed by atoms with Crippen molar-refractivity contribution in [3.63, 3.8) is 0 Å². The summed E-state index contributed by atoms with van der Waals surface area (Å²) < 4.78 is 8.03. The molecule has 6 nitrogen and oxygen atoms in total. The third kappa shape index (κ3) is 3.43. The van der Waals surface area contributed by atoms with Gasteiger partial charge in [-0.2, -0.15) is 9.97 Å². The molecule has 1 aromatic carbocycles. The van der Waals surface area contributed by atoms with Crippen LogP contribution in [0, 0.1) is 0 Å². The quantitative estimate of drug-likeness (QED) is 0.304. The fourth-order valence-electron chi connectivity index (χ4n) is 2.29. The molecule has 0 aliphatic rings. The highest BCUT2D eigenvalue weighted by atomic mass is 79.9. The van der Waals surface area contributed by atoms with Gasteiger partial charge in [0.15, 0.2) is 21.7 Å². The van der Waals surface area contributed by atoms with Gasteiger partial charge in [0.2, 0.25) is 0 Å². The maximum absolute atomic E-state index is 5.99. The zero-order valence-corrected chi connectivity index (χ0v) is 14.5. The average Bonchev–Trinajstić information content (AvgIpc) is 2.85. The number of hydrogen-bond acceptors (Lipinski definition) is 5. The van der Waals surface area contributed by atoms with E-state index in [1.807, 2.05) is 28.8 Å². The topological polar surface area (TPSA) is 78.9 Å². The summed E-state index contributed by atoms with van der Waals surface area (Å²) in [5.41, 5.74) is 8.86. The highest BCUT2D eigenvalue weighted by Gasteiger charge is 2.16. The van der Waals surface area contributed by atoms with E-state index in [9.17, 15) is 0 Å². The van der Waals surface area contributed by atoms with Gasteiger partial charge in [-0.3, -0.25) is 4.57 Å². The second-order valence-electron chi connectivity index (χ2n) is 5.20. The Kier molecular flexibility index (Phi) is 4.85. The molecule has 0 spiro atoms. The van der Waals surface area contributed by atoms with Gasteiger partial charge < -0.3 is 10.5 Å². The van der Waals surface area contributed by atoms with Crippen molar-refractivity contribution < 1.29 is 4.74 Å². The third-order valence-corrected chi connectivity index (χ3v) is 4.00. The molecule has 0 amide bonds. The second kappa shape index (κ2) is 7.04. The lowest BCUT2D eigenvalue weighted by Crippen LogP contribution is -2.08. The van der Waals surface area contributed by atoms with Gasteiger partial charge >= 0.3 is 6.01 Å². The lowest BCUT2D eigenvalue weighted by molar-refractivity contribution is 0.300. The highest BCUT2D eigenvalue weighted by Crippen LogP contribution is 2.25. The van der Waals surface area contributed by atoms with E-state index < -0.39 is 0 Å². The molecular formula is C16H15BBrN5O. The number of ether oxygens (including phenoxy) is 1. The molecule has 0 unspecified atom stereocenters. The minimum absolute atomic E-state index is 0.225. The molecule has 0 aliphatic heterocycles. The van der Waals surface area contributed by atoms with Crippen molar-refractivity contribution in [2.75, 3.05) is 12.3 Å². The number of anilines is 1. The summed E-state index contributed by atoms with van der Waals surface area (Å²) >= 11 is 3.45. The second-order valence-corrected chi connectivity index (χ2v) is 5.91. The largest absolute Gasteiger partial charge is 0.463 e. The molecule has 2 aromatic heterocycles. The van der Waals surface area contributed by atoms with Gasteiger partial charge in [-0.05, 0) is 27.9 Å². The van der Waals surface area contributed by atoms with Crippen LogP contribution in [0.25, 0.3) is 11.2 Å². The molecule has 0 saturated carbocycles. The van der Waals surface area contributed by atoms with Gasteiger partial charge in [0, 0.05) is 0 Å². The number of fused-ring (bicyclic) bond motifs is 1. The summed E-state index contributed by atoms with van der Waals surface area (Å²) in [7, 11) is 5.84. The van der Waals surface area contributed by atoms with Crippen LogP contribution in [0.4, 0.5) is 5.82 Å². The van der Waals surface area contributed by atoms with Crippen molar-refractivity contribution in [2.24, 2.45) is 0 Å². The van der Waals surface area contributed by atoms with Crippen LogP contribution in [-0.4, -0.2) is 34.0 Å². The van der Waals surface area contributed by atoms with E-state index in [1.54, 1.807) is 6.08 Å². The molecular weight excluding hydrogens is 369 g/mol. The molecule has 0 fully saturated rings. The molecule has 0 saturated heterocycles. The van der Waals surface area contributed by atoms with Crippen LogP contribution in [0.1, 0.15) is 12.0 Å². The number of nitrogens with two attached hydrogens (primary N) is 1. The standard InChI is InChI=1S/C16H15BBrN5O/c1-2-3-7-24-16-21-13(19)12-14(22-16)23(15(18)20-12)9-10-5-4-6-11(17)8-10/h2,4-6,8H,1,3,7,9H2,(H2,19,21,22). The summed E-state index contributed by atoms with van der Waals surface area (Å²) in [4.78, 5) is 13.0. The van der Waals surface area contributed by atoms with Crippen LogP contribution in [-0.2, 0) is 6.54 Å². The van der Waals surface area contributed by atoms with Gasteiger partial charge in [-0.25, -0.2) is 4.98 Å². The highest BCUT2D eigenvalue weighted by molar-refractivity contribution is 9.10. The van der Waals surface area contributed by atoms with Crippen LogP contribution in [0.15, 0.2) is 41.7 Å². The minimum Gasteiger partial charge on any atom is -0.463 e. The van der Waals surface area contributed by atoms with E-state index in [-0.39, 0.29) is 11.8 Å². The Hall–Kier alpha value is -2.35. The van der Waals surface area contributed by atoms with E-state index >= 15 is 0 Å². The number of rotatable bonds is 6. The predicted molar refractivity (Wildman–Crippen MR) is 98.7 cm³/mol. The summed E-state index contributed by atoms with van der Waals surface area (Å²) in [6.07, 6.45) is 2.47. The van der Waals surface area contributed by atoms with Crippen molar-refractivity contribution in [3.05, 3.63) is 47.2 Å². The molecule has 0 atom stereocenters. The maximum Gasteiger partial charge on any atom is 0.320 e. The van der Waals surface area contributed by atoms with Crippen molar-refractivity contribution in [2.45, 2.75) is 13.0 Å². The van der Waals surface area contributed by atoms with Crippen LogP contribution < -0.4 is 15.9 Å². The molecule has 2 radical (unpaired) electrons. The summed E-state index contributed by atoms with van der Waals surface area (Å²) in [6.45, 7) is 4.64. The van der Waals surface area contributed by atoms with E-state index in [0.717, 1.165) is 5.56 Å². The molecule has 2 N–H and O–H groups in total. The van der Waals surface area contributed by atoms with Crippen LogP contribution >= 0.6 is 15.9 Å². The smallest absolute Gasteiger partial charge is 0.320 e. The monoisotopic (exact) mass is 383 g/mol. The summed E-state index contributed by atoms with van der Waals surface area (Å²) in [5.74, 6) is 0.278. The fourth-order valence-corrected chi connectivity index (χ4v) is 2.76. The van der Waals surface area contributed by atoms with Gasteiger partial charge in [0.1, 0.15) is 7.85 Å². The Bertz CT molecular complexity index is 896. The van der Waals surface area contributed by atoms with Crippen molar-refractivity contribution in [1.29, 1.82) is 0 Å². The van der Waals surface area contributed by atoms with Crippen LogP contribution in [0.3, 0.4) is 0 Å². The number of hydrogen-bond donors (Lipinski definition) is 1. The third-order valence-electron chi connectivity index (χ3n) is 3.40. The number of imidazole rings is 1. The number of aromatic nitrogens is 4. The van der Waals surface area contributed by atoms with Gasteiger partial charge in [0.05, 0.1) is 13.2 Å². The zero-order chi connectivity index (χ0) is 17.1. The number of halogens is 1. The first-order valence-electron chi connectivity index (χ1n) is 7.36. The Morgan fingerprint density at radius 3 is 2.92 bits per heavy atom. The van der Waals surface area contributed by atoms with E-state index in [2.05, 4.69) is 37.5 Å². The Labute approximate surface area is 149 Å². The first kappa shape index (κ1) is 16.5. The number of benzene rings is 1. The lowest BCUT2D eigenvalue weighted by atomic mass is 9.94. The van der Waals surface area contributed by atoms with Gasteiger partial charge in [-0.1, -0.05) is 35.8 Å². The summed E-state index contributed by atoms with van der Waals surface area (Å²) in [5, 5.41) is 0. The van der Waals surface area contributed by atoms with Crippen molar-refractivity contribution in [1.82, 2.24) is 19.5 Å². The van der Waals surface area contributed by atoms with Crippen LogP contribution in [0.2, 0.25) is 0 Å². The van der Waals surface area contributed by atoms with E-state index in [4.69, 9.17) is 18.3 Å². The fraction of sp³-hybridized carbons (Fsp3) is 0.188. The van der Waals surface area contributed by atoms with E-state index in [0.29, 0.717) is 40.9 Å². The molecule has 0 aliphatic carbocycles. The number of nitrogen functional groups attached to an aromatic ring is 1. The Morgan fingerprint density at radius 2 is 2.17 bits per heavy atom. The van der Waals surface area contributed by atoms with Crippen molar-refractivity contribution >= 4 is 46.2 Å². The molecule has 8 heteroatoms. The average molecular weight is 384 g/mol. The Morgan fingerprint density at radius 1 is 1.33 bits per heavy atom. The first-order chi connectivity index (χ1) is 11.6. The maximum atomic E-state index is 5.99. The predicted octanol–water partition coefficient (Wildman–Crippen LogP) is 1.97. The molecule has 120 valence electrons. The molecule has 3 aromatic rings. The normalized spacial score (nSPS) is 10.9. The summed E-state index contributed by atoms with van der Waals surface area (Å²) in [6, 6.07) is 7.87. The molecule has 3 rings (SSSR count). The van der Waals surface area contributed by atoms with E-state index in [1.165, 1.54) is 0 Å². The van der Waals surface area contributed by atoms with Gasteiger partial charge in [-0.15, -0.1) is 6.58 Å². The van der Waals surface area contributed by atoms with Gasteiger partial charge in [0.25, 0.3) is 0 Å². The van der Waals surface area contributed by atoms with Crippen molar-refractivity contribution in [3.8, 4) is 6.01 Å². The number of nitrogens with zero attached hydrogens (tertiary/aromatic N) is 4. The zero-order valence-electron chi connectivity index (χ0n) is 12.9. The molecule has 2 heterocycles. The minimum atomic E-state index is 0.225. The Balaban J connectivity index is 2.00. The first-order valence-corrected chi connectivity index (χ1v) is 8.15. The van der Waals surface area contributed by atoms with Crippen LogP contribution in [0.5, 0.6) is 6.01 Å². The molecule has 24 heavy (non-hydrogen) atoms. The lowest BCUT2D eigenvalue weighted by Gasteiger charge is -2.08. The molecule has 0 bridgehead atoms.